The van der Waals surface area contributed by atoms with Gasteiger partial charge in [0.05, 0.1) is 11.7 Å². The molecule has 6 nitrogen and oxygen atoms in total. The lowest BCUT2D eigenvalue weighted by atomic mass is 10.1. The minimum atomic E-state index is -0.934. The Morgan fingerprint density at radius 3 is 2.62 bits per heavy atom. The van der Waals surface area contributed by atoms with Gasteiger partial charge in [0, 0.05) is 18.8 Å². The first kappa shape index (κ1) is 14.8. The van der Waals surface area contributed by atoms with Crippen molar-refractivity contribution >= 4 is 11.9 Å². The van der Waals surface area contributed by atoms with Gasteiger partial charge in [0.2, 0.25) is 11.8 Å². The average molecular weight is 287 g/mol. The third kappa shape index (κ3) is 4.45. The fourth-order valence-electron chi connectivity index (χ4n) is 1.68. The van der Waals surface area contributed by atoms with Crippen LogP contribution in [-0.4, -0.2) is 27.1 Å². The fourth-order valence-corrected chi connectivity index (χ4v) is 1.68. The number of nitrogens with zero attached hydrogens (tertiary/aromatic N) is 2. The van der Waals surface area contributed by atoms with Crippen molar-refractivity contribution in [3.63, 3.8) is 0 Å². The Hall–Kier alpha value is -2.63. The van der Waals surface area contributed by atoms with Gasteiger partial charge in [-0.25, -0.2) is 9.78 Å². The number of anilines is 1. The molecule has 0 bridgehead atoms. The Morgan fingerprint density at radius 1 is 1.29 bits per heavy atom. The van der Waals surface area contributed by atoms with Crippen LogP contribution < -0.4 is 10.1 Å². The molecule has 0 spiro atoms. The highest BCUT2D eigenvalue weighted by molar-refractivity contribution is 5.87. The molecule has 0 atom stereocenters. The molecule has 0 fully saturated rings. The Bertz CT molecular complexity index is 612. The van der Waals surface area contributed by atoms with Crippen LogP contribution in [0, 0.1) is 0 Å². The molecule has 1 aromatic carbocycles. The van der Waals surface area contributed by atoms with Crippen LogP contribution in [0.4, 0.5) is 5.95 Å². The summed E-state index contributed by atoms with van der Waals surface area (Å²) in [6.07, 6.45) is 1.68. The highest BCUT2D eigenvalue weighted by atomic mass is 16.5. The molecule has 0 saturated carbocycles. The number of ether oxygens (including phenoxy) is 1. The van der Waals surface area contributed by atoms with Gasteiger partial charge in [0.1, 0.15) is 0 Å². The lowest BCUT2D eigenvalue weighted by Crippen LogP contribution is -2.09. The van der Waals surface area contributed by atoms with E-state index < -0.39 is 5.97 Å². The molecular formula is C15H17N3O3. The molecule has 0 saturated heterocycles. The quantitative estimate of drug-likeness (QED) is 0.849. The zero-order chi connectivity index (χ0) is 15.2. The lowest BCUT2D eigenvalue weighted by Gasteiger charge is -2.10. The number of carboxylic acids is 1. The number of hydrogen-bond donors (Lipinski definition) is 2. The normalized spacial score (nSPS) is 10.4. The molecule has 6 heteroatoms. The number of rotatable bonds is 6. The van der Waals surface area contributed by atoms with E-state index in [9.17, 15) is 4.79 Å². The number of benzene rings is 1. The number of nitrogens with one attached hydrogen (secondary N) is 1. The third-order valence-electron chi connectivity index (χ3n) is 2.64. The van der Waals surface area contributed by atoms with E-state index in [0.717, 1.165) is 5.56 Å². The van der Waals surface area contributed by atoms with Crippen molar-refractivity contribution in [2.45, 2.75) is 26.5 Å². The lowest BCUT2D eigenvalue weighted by molar-refractivity contribution is 0.0697. The molecule has 0 unspecified atom stereocenters. The van der Waals surface area contributed by atoms with Crippen LogP contribution in [0.2, 0.25) is 0 Å². The van der Waals surface area contributed by atoms with Crippen LogP contribution in [0.1, 0.15) is 29.8 Å². The summed E-state index contributed by atoms with van der Waals surface area (Å²) in [6.45, 7) is 4.36. The summed E-state index contributed by atoms with van der Waals surface area (Å²) in [6, 6.07) is 8.35. The summed E-state index contributed by atoms with van der Waals surface area (Å²) in [5, 5.41) is 11.9. The molecule has 110 valence electrons. The van der Waals surface area contributed by atoms with E-state index in [1.165, 1.54) is 0 Å². The topological polar surface area (TPSA) is 84.3 Å². The van der Waals surface area contributed by atoms with E-state index >= 15 is 0 Å². The molecule has 1 aromatic heterocycles. The zero-order valence-corrected chi connectivity index (χ0v) is 11.9. The second-order valence-corrected chi connectivity index (χ2v) is 4.74. The number of aromatic carboxylic acids is 1. The summed E-state index contributed by atoms with van der Waals surface area (Å²) in [4.78, 5) is 19.1. The number of hydrogen-bond acceptors (Lipinski definition) is 5. The maximum atomic E-state index is 10.8. The first-order valence-corrected chi connectivity index (χ1v) is 6.60. The van der Waals surface area contributed by atoms with Gasteiger partial charge in [0.25, 0.3) is 0 Å². The van der Waals surface area contributed by atoms with Crippen molar-refractivity contribution in [1.29, 1.82) is 0 Å². The first-order chi connectivity index (χ1) is 10.0. The van der Waals surface area contributed by atoms with Crippen molar-refractivity contribution in [3.05, 3.63) is 47.7 Å². The number of carbonyl (C=O) groups is 1. The number of aromatic nitrogens is 2. The number of carboxylic acid groups (broad SMARTS) is 1. The van der Waals surface area contributed by atoms with E-state index in [4.69, 9.17) is 9.84 Å². The van der Waals surface area contributed by atoms with Gasteiger partial charge < -0.3 is 15.2 Å². The Morgan fingerprint density at radius 2 is 2.00 bits per heavy atom. The van der Waals surface area contributed by atoms with Gasteiger partial charge in [-0.1, -0.05) is 12.1 Å². The Balaban J connectivity index is 1.97. The van der Waals surface area contributed by atoms with E-state index in [0.29, 0.717) is 18.4 Å². The molecular weight excluding hydrogens is 270 g/mol. The summed E-state index contributed by atoms with van der Waals surface area (Å²) in [7, 11) is 0. The molecule has 2 N–H and O–H groups in total. The monoisotopic (exact) mass is 287 g/mol. The molecule has 21 heavy (non-hydrogen) atoms. The van der Waals surface area contributed by atoms with Crippen molar-refractivity contribution in [3.8, 4) is 5.88 Å². The smallest absolute Gasteiger partial charge is 0.335 e. The molecule has 0 aliphatic rings. The molecule has 2 aromatic rings. The van der Waals surface area contributed by atoms with E-state index in [-0.39, 0.29) is 11.7 Å². The maximum Gasteiger partial charge on any atom is 0.335 e. The molecule has 0 aliphatic heterocycles. The second-order valence-electron chi connectivity index (χ2n) is 4.74. The van der Waals surface area contributed by atoms with Crippen molar-refractivity contribution in [2.24, 2.45) is 0 Å². The van der Waals surface area contributed by atoms with Gasteiger partial charge >= 0.3 is 5.97 Å². The predicted molar refractivity (Wildman–Crippen MR) is 78.5 cm³/mol. The van der Waals surface area contributed by atoms with Gasteiger partial charge in [-0.2, -0.15) is 4.98 Å². The summed E-state index contributed by atoms with van der Waals surface area (Å²) in [5.41, 5.74) is 1.21. The standard InChI is InChI=1S/C15H17N3O3/c1-10(2)21-13-7-8-16-15(18-13)17-9-11-3-5-12(6-4-11)14(19)20/h3-8,10H,9H2,1-2H3,(H,19,20)(H,16,17,18). The van der Waals surface area contributed by atoms with Crippen LogP contribution >= 0.6 is 0 Å². The van der Waals surface area contributed by atoms with E-state index in [1.54, 1.807) is 36.5 Å². The minimum absolute atomic E-state index is 0.0521. The average Bonchev–Trinajstić information content (AvgIpc) is 2.45. The van der Waals surface area contributed by atoms with Crippen LogP contribution in [0.25, 0.3) is 0 Å². The highest BCUT2D eigenvalue weighted by Gasteiger charge is 2.04. The maximum absolute atomic E-state index is 10.8. The van der Waals surface area contributed by atoms with Crippen LogP contribution in [-0.2, 0) is 6.54 Å². The fraction of sp³-hybridized carbons (Fsp3) is 0.267. The summed E-state index contributed by atoms with van der Waals surface area (Å²) < 4.78 is 5.49. The van der Waals surface area contributed by atoms with Crippen molar-refractivity contribution in [2.75, 3.05) is 5.32 Å². The molecule has 1 heterocycles. The van der Waals surface area contributed by atoms with Crippen molar-refractivity contribution in [1.82, 2.24) is 9.97 Å². The molecule has 0 radical (unpaired) electrons. The zero-order valence-electron chi connectivity index (χ0n) is 11.9. The Labute approximate surface area is 122 Å². The third-order valence-corrected chi connectivity index (χ3v) is 2.64. The van der Waals surface area contributed by atoms with Gasteiger partial charge in [0.15, 0.2) is 0 Å². The largest absolute Gasteiger partial charge is 0.478 e. The first-order valence-electron chi connectivity index (χ1n) is 6.60. The van der Waals surface area contributed by atoms with Crippen molar-refractivity contribution < 1.29 is 14.6 Å². The van der Waals surface area contributed by atoms with Gasteiger partial charge in [-0.3, -0.25) is 0 Å². The predicted octanol–water partition coefficient (Wildman–Crippen LogP) is 2.57. The van der Waals surface area contributed by atoms with E-state index in [2.05, 4.69) is 15.3 Å². The molecule has 0 aliphatic carbocycles. The highest BCUT2D eigenvalue weighted by Crippen LogP contribution is 2.11. The summed E-state index contributed by atoms with van der Waals surface area (Å²) >= 11 is 0. The molecule has 0 amide bonds. The second kappa shape index (κ2) is 6.69. The van der Waals surface area contributed by atoms with Crippen LogP contribution in [0.15, 0.2) is 36.5 Å². The molecule has 2 rings (SSSR count). The van der Waals surface area contributed by atoms with Gasteiger partial charge in [-0.05, 0) is 31.5 Å². The van der Waals surface area contributed by atoms with Crippen LogP contribution in [0.3, 0.4) is 0 Å². The summed E-state index contributed by atoms with van der Waals surface area (Å²) in [5.74, 6) is 0.0514. The van der Waals surface area contributed by atoms with Crippen LogP contribution in [0.5, 0.6) is 5.88 Å². The van der Waals surface area contributed by atoms with Gasteiger partial charge in [-0.15, -0.1) is 0 Å². The Kier molecular flexibility index (Phi) is 4.71. The van der Waals surface area contributed by atoms with E-state index in [1.807, 2.05) is 13.8 Å². The minimum Gasteiger partial charge on any atom is -0.478 e. The SMILES string of the molecule is CC(C)Oc1ccnc(NCc2ccc(C(=O)O)cc2)n1.